The average Bonchev–Trinajstić information content (AvgIpc) is 3.12. The van der Waals surface area contributed by atoms with Gasteiger partial charge in [-0.15, -0.1) is 0 Å². The number of hydrogen-bond acceptors (Lipinski definition) is 2. The van der Waals surface area contributed by atoms with E-state index in [1.165, 1.54) is 45.3 Å². The summed E-state index contributed by atoms with van der Waals surface area (Å²) >= 11 is 0. The Hall–Kier alpha value is -0.0800. The van der Waals surface area contributed by atoms with Gasteiger partial charge >= 0.3 is 0 Å². The third kappa shape index (κ3) is 3.72. The molecule has 2 heteroatoms. The zero-order chi connectivity index (χ0) is 14.0. The van der Waals surface area contributed by atoms with Crippen LogP contribution in [0.3, 0.4) is 0 Å². The van der Waals surface area contributed by atoms with Crippen LogP contribution in [0.1, 0.15) is 60.3 Å². The third-order valence-corrected chi connectivity index (χ3v) is 5.29. The van der Waals surface area contributed by atoms with E-state index < -0.39 is 0 Å². The summed E-state index contributed by atoms with van der Waals surface area (Å²) in [6.45, 7) is 15.7. The summed E-state index contributed by atoms with van der Waals surface area (Å²) in [6, 6.07) is 0.728. The van der Waals surface area contributed by atoms with Crippen LogP contribution in [0.15, 0.2) is 0 Å². The molecule has 2 nitrogen and oxygen atoms in total. The summed E-state index contributed by atoms with van der Waals surface area (Å²) in [5.74, 6) is 2.53. The van der Waals surface area contributed by atoms with Gasteiger partial charge in [-0.1, -0.05) is 34.1 Å². The van der Waals surface area contributed by atoms with Crippen molar-refractivity contribution in [1.82, 2.24) is 10.2 Å². The lowest BCUT2D eigenvalue weighted by atomic mass is 9.87. The Kier molecular flexibility index (Phi) is 4.94. The van der Waals surface area contributed by atoms with Crippen molar-refractivity contribution in [3.05, 3.63) is 0 Å². The molecule has 0 amide bonds. The largest absolute Gasteiger partial charge is 0.308 e. The minimum atomic E-state index is 0.386. The van der Waals surface area contributed by atoms with Crippen LogP contribution >= 0.6 is 0 Å². The summed E-state index contributed by atoms with van der Waals surface area (Å²) in [6.07, 6.45) is 5.57. The molecule has 19 heavy (non-hydrogen) atoms. The van der Waals surface area contributed by atoms with Crippen molar-refractivity contribution in [3.63, 3.8) is 0 Å². The molecule has 0 aromatic rings. The first-order valence-electron chi connectivity index (χ1n) is 8.45. The second-order valence-corrected chi connectivity index (χ2v) is 7.71. The van der Waals surface area contributed by atoms with E-state index in [1.807, 2.05) is 0 Å². The molecule has 1 aliphatic carbocycles. The molecule has 2 rings (SSSR count). The molecule has 2 fully saturated rings. The van der Waals surface area contributed by atoms with E-state index in [4.69, 9.17) is 0 Å². The Labute approximate surface area is 120 Å². The van der Waals surface area contributed by atoms with E-state index in [0.29, 0.717) is 5.54 Å². The smallest absolute Gasteiger partial charge is 0.0309 e. The van der Waals surface area contributed by atoms with Crippen molar-refractivity contribution < 1.29 is 0 Å². The molecule has 0 aromatic heterocycles. The van der Waals surface area contributed by atoms with Crippen LogP contribution in [-0.2, 0) is 0 Å². The molecule has 1 saturated heterocycles. The number of nitrogens with one attached hydrogen (secondary N) is 1. The zero-order valence-electron chi connectivity index (χ0n) is 13.7. The summed E-state index contributed by atoms with van der Waals surface area (Å²) in [7, 11) is 0. The average molecular weight is 266 g/mol. The highest BCUT2D eigenvalue weighted by atomic mass is 15.3. The molecule has 0 bridgehead atoms. The van der Waals surface area contributed by atoms with Gasteiger partial charge in [-0.25, -0.2) is 0 Å². The Bertz CT molecular complexity index is 285. The molecule has 0 spiro atoms. The SMILES string of the molecule is CCCC(C)CN1CC(C)(C2CC2)NCC1C(C)C. The molecule has 0 radical (unpaired) electrons. The first kappa shape index (κ1) is 15.3. The first-order valence-corrected chi connectivity index (χ1v) is 8.45. The first-order chi connectivity index (χ1) is 8.96. The minimum Gasteiger partial charge on any atom is -0.308 e. The zero-order valence-corrected chi connectivity index (χ0v) is 13.7. The molecule has 1 N–H and O–H groups in total. The van der Waals surface area contributed by atoms with E-state index in [-0.39, 0.29) is 0 Å². The minimum absolute atomic E-state index is 0.386. The van der Waals surface area contributed by atoms with Gasteiger partial charge in [0, 0.05) is 31.2 Å². The van der Waals surface area contributed by atoms with Gasteiger partial charge in [0.2, 0.25) is 0 Å². The second kappa shape index (κ2) is 6.13. The maximum atomic E-state index is 3.88. The maximum absolute atomic E-state index is 3.88. The van der Waals surface area contributed by atoms with Gasteiger partial charge in [-0.2, -0.15) is 0 Å². The highest BCUT2D eigenvalue weighted by molar-refractivity contribution is 5.04. The van der Waals surface area contributed by atoms with Crippen molar-refractivity contribution in [1.29, 1.82) is 0 Å². The van der Waals surface area contributed by atoms with Crippen molar-refractivity contribution in [3.8, 4) is 0 Å². The molecule has 0 aromatic carbocycles. The predicted molar refractivity (Wildman–Crippen MR) is 83.4 cm³/mol. The summed E-state index contributed by atoms with van der Waals surface area (Å²) in [4.78, 5) is 2.81. The highest BCUT2D eigenvalue weighted by Crippen LogP contribution is 2.41. The fourth-order valence-electron chi connectivity index (χ4n) is 3.90. The Morgan fingerprint density at radius 2 is 1.95 bits per heavy atom. The molecule has 112 valence electrons. The van der Waals surface area contributed by atoms with Crippen LogP contribution < -0.4 is 5.32 Å². The van der Waals surface area contributed by atoms with Crippen LogP contribution in [0.25, 0.3) is 0 Å². The fraction of sp³-hybridized carbons (Fsp3) is 1.00. The van der Waals surface area contributed by atoms with Gasteiger partial charge in [0.1, 0.15) is 0 Å². The highest BCUT2D eigenvalue weighted by Gasteiger charge is 2.46. The quantitative estimate of drug-likeness (QED) is 0.791. The van der Waals surface area contributed by atoms with E-state index in [1.54, 1.807) is 0 Å². The second-order valence-electron chi connectivity index (χ2n) is 7.71. The standard InChI is InChI=1S/C17H34N2/c1-6-7-14(4)11-19-12-17(5,15-8-9-15)18-10-16(19)13(2)3/h13-16,18H,6-12H2,1-5H3. The lowest BCUT2D eigenvalue weighted by Crippen LogP contribution is -2.65. The molecule has 1 heterocycles. The van der Waals surface area contributed by atoms with Crippen LogP contribution in [0.4, 0.5) is 0 Å². The van der Waals surface area contributed by atoms with Gasteiger partial charge in [0.15, 0.2) is 0 Å². The van der Waals surface area contributed by atoms with E-state index in [9.17, 15) is 0 Å². The van der Waals surface area contributed by atoms with Crippen LogP contribution in [0.5, 0.6) is 0 Å². The van der Waals surface area contributed by atoms with Crippen molar-refractivity contribution in [2.75, 3.05) is 19.6 Å². The van der Waals surface area contributed by atoms with E-state index in [0.717, 1.165) is 23.8 Å². The van der Waals surface area contributed by atoms with Gasteiger partial charge in [-0.3, -0.25) is 4.90 Å². The van der Waals surface area contributed by atoms with Crippen molar-refractivity contribution in [2.45, 2.75) is 71.9 Å². The Morgan fingerprint density at radius 3 is 2.47 bits per heavy atom. The molecule has 1 saturated carbocycles. The van der Waals surface area contributed by atoms with Crippen molar-refractivity contribution in [2.24, 2.45) is 17.8 Å². The van der Waals surface area contributed by atoms with Crippen LogP contribution in [0.2, 0.25) is 0 Å². The monoisotopic (exact) mass is 266 g/mol. The number of piperazine rings is 1. The molecule has 2 aliphatic rings. The number of rotatable bonds is 6. The van der Waals surface area contributed by atoms with Crippen molar-refractivity contribution >= 4 is 0 Å². The molecule has 3 unspecified atom stereocenters. The molecular weight excluding hydrogens is 232 g/mol. The maximum Gasteiger partial charge on any atom is 0.0309 e. The third-order valence-electron chi connectivity index (χ3n) is 5.29. The molecule has 1 aliphatic heterocycles. The lowest BCUT2D eigenvalue weighted by Gasteiger charge is -2.49. The molecular formula is C17H34N2. The summed E-state index contributed by atoms with van der Waals surface area (Å²) in [5, 5.41) is 3.88. The van der Waals surface area contributed by atoms with E-state index in [2.05, 4.69) is 44.8 Å². The van der Waals surface area contributed by atoms with Gasteiger partial charge < -0.3 is 5.32 Å². The molecule has 3 atom stereocenters. The summed E-state index contributed by atoms with van der Waals surface area (Å²) < 4.78 is 0. The van der Waals surface area contributed by atoms with Gasteiger partial charge in [0.25, 0.3) is 0 Å². The topological polar surface area (TPSA) is 15.3 Å². The Morgan fingerprint density at radius 1 is 1.26 bits per heavy atom. The fourth-order valence-corrected chi connectivity index (χ4v) is 3.90. The van der Waals surface area contributed by atoms with Gasteiger partial charge in [-0.05, 0) is 43.9 Å². The van der Waals surface area contributed by atoms with E-state index >= 15 is 0 Å². The summed E-state index contributed by atoms with van der Waals surface area (Å²) in [5.41, 5.74) is 0.386. The Balaban J connectivity index is 1.99. The van der Waals surface area contributed by atoms with Gasteiger partial charge in [0.05, 0.1) is 0 Å². The normalized spacial score (nSPS) is 34.7. The number of hydrogen-bond donors (Lipinski definition) is 1. The predicted octanol–water partition coefficient (Wildman–Crippen LogP) is 3.52. The van der Waals surface area contributed by atoms with Crippen LogP contribution in [0, 0.1) is 17.8 Å². The van der Waals surface area contributed by atoms with Crippen LogP contribution in [-0.4, -0.2) is 36.1 Å². The number of nitrogens with zero attached hydrogens (tertiary/aromatic N) is 1. The lowest BCUT2D eigenvalue weighted by molar-refractivity contribution is 0.0409.